The van der Waals surface area contributed by atoms with E-state index >= 15 is 0 Å². The lowest BCUT2D eigenvalue weighted by atomic mass is 10.00. The molecule has 1 aliphatic carbocycles. The minimum absolute atomic E-state index is 0.145. The number of hydrogen-bond donors (Lipinski definition) is 3. The van der Waals surface area contributed by atoms with Crippen molar-refractivity contribution in [3.8, 4) is 0 Å². The van der Waals surface area contributed by atoms with Gasteiger partial charge in [-0.3, -0.25) is 4.79 Å². The first-order valence-electron chi connectivity index (χ1n) is 7.47. The molecule has 21 heavy (non-hydrogen) atoms. The van der Waals surface area contributed by atoms with Crippen LogP contribution in [0, 0.1) is 5.92 Å². The monoisotopic (exact) mass is 289 g/mol. The van der Waals surface area contributed by atoms with Gasteiger partial charge < -0.3 is 15.7 Å². The summed E-state index contributed by atoms with van der Waals surface area (Å²) in [4.78, 5) is 16.1. The molecule has 0 saturated heterocycles. The molecule has 2 atom stereocenters. The molecule has 3 N–H and O–H groups in total. The van der Waals surface area contributed by atoms with Crippen molar-refractivity contribution in [1.82, 2.24) is 10.3 Å². The Morgan fingerprint density at radius 2 is 2.33 bits per heavy atom. The van der Waals surface area contributed by atoms with E-state index in [9.17, 15) is 4.79 Å². The molecule has 0 bridgehead atoms. The molecule has 1 fully saturated rings. The number of pyridine rings is 1. The molecule has 1 aromatic rings. The second-order valence-corrected chi connectivity index (χ2v) is 5.38. The molecule has 2 unspecified atom stereocenters. The average Bonchev–Trinajstić information content (AvgIpc) is 2.93. The van der Waals surface area contributed by atoms with Crippen molar-refractivity contribution in [2.75, 3.05) is 18.5 Å². The minimum atomic E-state index is -0.145. The first-order valence-corrected chi connectivity index (χ1v) is 7.47. The first kappa shape index (κ1) is 15.5. The molecule has 0 aromatic carbocycles. The van der Waals surface area contributed by atoms with E-state index in [-0.39, 0.29) is 12.5 Å². The van der Waals surface area contributed by atoms with Gasteiger partial charge in [0.1, 0.15) is 5.82 Å². The summed E-state index contributed by atoms with van der Waals surface area (Å²) in [7, 11) is 0. The van der Waals surface area contributed by atoms with Crippen LogP contribution in [0.1, 0.15) is 36.0 Å². The molecule has 114 valence electrons. The summed E-state index contributed by atoms with van der Waals surface area (Å²) < 4.78 is 0. The Bertz CT molecular complexity index is 473. The van der Waals surface area contributed by atoms with Crippen molar-refractivity contribution >= 4 is 11.7 Å². The lowest BCUT2D eigenvalue weighted by Crippen LogP contribution is -2.26. The fraction of sp³-hybridized carbons (Fsp3) is 0.500. The highest BCUT2D eigenvalue weighted by molar-refractivity contribution is 5.94. The second kappa shape index (κ2) is 7.78. The van der Waals surface area contributed by atoms with Gasteiger partial charge in [0.05, 0.1) is 5.56 Å². The van der Waals surface area contributed by atoms with E-state index in [0.29, 0.717) is 24.1 Å². The quantitative estimate of drug-likeness (QED) is 0.671. The Hall–Kier alpha value is -1.88. The number of nitrogens with zero attached hydrogens (tertiary/aromatic N) is 1. The third-order valence-corrected chi connectivity index (χ3v) is 3.92. The summed E-state index contributed by atoms with van der Waals surface area (Å²) in [5, 5.41) is 15.2. The Morgan fingerprint density at radius 1 is 1.48 bits per heavy atom. The van der Waals surface area contributed by atoms with Gasteiger partial charge in [-0.05, 0) is 37.3 Å². The van der Waals surface area contributed by atoms with Gasteiger partial charge >= 0.3 is 0 Å². The van der Waals surface area contributed by atoms with Crippen molar-refractivity contribution in [3.05, 3.63) is 36.5 Å². The highest BCUT2D eigenvalue weighted by atomic mass is 16.3. The maximum Gasteiger partial charge on any atom is 0.253 e. The minimum Gasteiger partial charge on any atom is -0.396 e. The van der Waals surface area contributed by atoms with Crippen molar-refractivity contribution in [3.63, 3.8) is 0 Å². The van der Waals surface area contributed by atoms with E-state index in [0.717, 1.165) is 25.1 Å². The number of aromatic nitrogens is 1. The molecule has 5 nitrogen and oxygen atoms in total. The Morgan fingerprint density at radius 3 is 3.00 bits per heavy atom. The van der Waals surface area contributed by atoms with Crippen LogP contribution in [0.2, 0.25) is 0 Å². The molecular formula is C16H23N3O2. The normalized spacial score (nSPS) is 21.0. The van der Waals surface area contributed by atoms with Crippen LogP contribution in [0.15, 0.2) is 31.0 Å². The standard InChI is InChI=1S/C16H23N3O2/c1-2-9-17-16(21)13-6-7-15(18-11-13)19-14-5-3-4-12(14)8-10-20/h2,6-7,11-12,14,20H,1,3-5,8-10H2,(H,17,21)(H,18,19). The number of amides is 1. The smallest absolute Gasteiger partial charge is 0.253 e. The average molecular weight is 289 g/mol. The van der Waals surface area contributed by atoms with E-state index in [1.807, 2.05) is 6.07 Å². The summed E-state index contributed by atoms with van der Waals surface area (Å²) in [5.74, 6) is 1.14. The summed E-state index contributed by atoms with van der Waals surface area (Å²) in [5.41, 5.74) is 0.542. The first-order chi connectivity index (χ1) is 10.2. The van der Waals surface area contributed by atoms with Gasteiger partial charge in [0, 0.05) is 25.4 Å². The lowest BCUT2D eigenvalue weighted by molar-refractivity contribution is 0.0957. The molecule has 0 spiro atoms. The van der Waals surface area contributed by atoms with Gasteiger partial charge in [-0.2, -0.15) is 0 Å². The molecule has 1 amide bonds. The summed E-state index contributed by atoms with van der Waals surface area (Å²) in [6.45, 7) is 4.24. The molecule has 0 aliphatic heterocycles. The van der Waals surface area contributed by atoms with Crippen molar-refractivity contribution in [2.45, 2.75) is 31.7 Å². The SMILES string of the molecule is C=CCNC(=O)c1ccc(NC2CCCC2CCO)nc1. The highest BCUT2D eigenvalue weighted by Crippen LogP contribution is 2.30. The van der Waals surface area contributed by atoms with Gasteiger partial charge in [-0.15, -0.1) is 6.58 Å². The van der Waals surface area contributed by atoms with Gasteiger partial charge in [0.15, 0.2) is 0 Å². The Kier molecular flexibility index (Phi) is 5.75. The third-order valence-electron chi connectivity index (χ3n) is 3.92. The number of carbonyl (C=O) groups excluding carboxylic acids is 1. The van der Waals surface area contributed by atoms with E-state index in [2.05, 4.69) is 22.2 Å². The van der Waals surface area contributed by atoms with Gasteiger partial charge in [0.2, 0.25) is 0 Å². The van der Waals surface area contributed by atoms with Crippen LogP contribution in [0.4, 0.5) is 5.82 Å². The Balaban J connectivity index is 1.93. The fourth-order valence-corrected chi connectivity index (χ4v) is 2.81. The maximum atomic E-state index is 11.7. The van der Waals surface area contributed by atoms with E-state index in [1.165, 1.54) is 6.42 Å². The molecule has 1 aliphatic rings. The van der Waals surface area contributed by atoms with Crippen molar-refractivity contribution < 1.29 is 9.90 Å². The number of rotatable bonds is 7. The summed E-state index contributed by atoms with van der Waals surface area (Å²) in [6, 6.07) is 3.96. The van der Waals surface area contributed by atoms with Crippen LogP contribution in [-0.2, 0) is 0 Å². The predicted octanol–water partition coefficient (Wildman–Crippen LogP) is 1.96. The molecule has 2 rings (SSSR count). The molecule has 1 aromatic heterocycles. The summed E-state index contributed by atoms with van der Waals surface area (Å²) in [6.07, 6.45) is 7.50. The van der Waals surface area contributed by atoms with Crippen LogP contribution >= 0.6 is 0 Å². The number of carbonyl (C=O) groups is 1. The van der Waals surface area contributed by atoms with E-state index in [4.69, 9.17) is 5.11 Å². The zero-order valence-corrected chi connectivity index (χ0v) is 12.2. The third kappa shape index (κ3) is 4.29. The largest absolute Gasteiger partial charge is 0.396 e. The molecule has 5 heteroatoms. The van der Waals surface area contributed by atoms with Crippen LogP contribution < -0.4 is 10.6 Å². The number of hydrogen-bond acceptors (Lipinski definition) is 4. The van der Waals surface area contributed by atoms with Crippen LogP contribution in [0.25, 0.3) is 0 Å². The summed E-state index contributed by atoms with van der Waals surface area (Å²) >= 11 is 0. The zero-order valence-electron chi connectivity index (χ0n) is 12.2. The molecule has 1 heterocycles. The predicted molar refractivity (Wildman–Crippen MR) is 83.2 cm³/mol. The van der Waals surface area contributed by atoms with E-state index in [1.54, 1.807) is 18.3 Å². The molecule has 0 radical (unpaired) electrons. The molecule has 1 saturated carbocycles. The fourth-order valence-electron chi connectivity index (χ4n) is 2.81. The Labute approximate surface area is 125 Å². The van der Waals surface area contributed by atoms with Crippen LogP contribution in [-0.4, -0.2) is 35.2 Å². The number of nitrogens with one attached hydrogen (secondary N) is 2. The number of aliphatic hydroxyl groups excluding tert-OH is 1. The topological polar surface area (TPSA) is 74.2 Å². The zero-order chi connectivity index (χ0) is 15.1. The molecular weight excluding hydrogens is 266 g/mol. The van der Waals surface area contributed by atoms with Crippen molar-refractivity contribution in [2.24, 2.45) is 5.92 Å². The van der Waals surface area contributed by atoms with Gasteiger partial charge in [-0.1, -0.05) is 12.5 Å². The van der Waals surface area contributed by atoms with Crippen LogP contribution in [0.5, 0.6) is 0 Å². The highest BCUT2D eigenvalue weighted by Gasteiger charge is 2.26. The van der Waals surface area contributed by atoms with Gasteiger partial charge in [0.25, 0.3) is 5.91 Å². The number of aliphatic hydroxyl groups is 1. The van der Waals surface area contributed by atoms with Crippen molar-refractivity contribution in [1.29, 1.82) is 0 Å². The van der Waals surface area contributed by atoms with Crippen LogP contribution in [0.3, 0.4) is 0 Å². The number of anilines is 1. The van der Waals surface area contributed by atoms with E-state index < -0.39 is 0 Å². The maximum absolute atomic E-state index is 11.7. The second-order valence-electron chi connectivity index (χ2n) is 5.38. The van der Waals surface area contributed by atoms with Gasteiger partial charge in [-0.25, -0.2) is 4.98 Å². The lowest BCUT2D eigenvalue weighted by Gasteiger charge is -2.20.